The summed E-state index contributed by atoms with van der Waals surface area (Å²) in [7, 11) is 0. The molecule has 1 aliphatic rings. The fraction of sp³-hybridized carbons (Fsp3) is 1.00. The van der Waals surface area contributed by atoms with Gasteiger partial charge < -0.3 is 14.8 Å². The van der Waals surface area contributed by atoms with E-state index in [0.29, 0.717) is 5.41 Å². The molecule has 0 saturated carbocycles. The van der Waals surface area contributed by atoms with E-state index in [2.05, 4.69) is 26.1 Å². The highest BCUT2D eigenvalue weighted by Gasteiger charge is 2.34. The van der Waals surface area contributed by atoms with Crippen molar-refractivity contribution in [1.29, 1.82) is 0 Å². The number of hydrogen-bond donors (Lipinski definition) is 1. The van der Waals surface area contributed by atoms with E-state index in [-0.39, 0.29) is 0 Å². The van der Waals surface area contributed by atoms with Crippen molar-refractivity contribution in [2.24, 2.45) is 11.3 Å². The average Bonchev–Trinajstić information content (AvgIpc) is 2.78. The SMILES string of the molecule is CCCNCC1(CCOCCC(C)C)CCOC1. The molecule has 1 atom stereocenters. The number of hydrogen-bond acceptors (Lipinski definition) is 3. The van der Waals surface area contributed by atoms with Gasteiger partial charge in [0.15, 0.2) is 0 Å². The molecule has 0 radical (unpaired) electrons. The van der Waals surface area contributed by atoms with Gasteiger partial charge in [0.25, 0.3) is 0 Å². The quantitative estimate of drug-likeness (QED) is 0.610. The van der Waals surface area contributed by atoms with Crippen molar-refractivity contribution in [2.45, 2.75) is 46.5 Å². The largest absolute Gasteiger partial charge is 0.381 e. The molecule has 0 aliphatic carbocycles. The molecule has 1 heterocycles. The first-order chi connectivity index (χ1) is 8.68. The van der Waals surface area contributed by atoms with Gasteiger partial charge in [-0.2, -0.15) is 0 Å². The minimum Gasteiger partial charge on any atom is -0.381 e. The van der Waals surface area contributed by atoms with Crippen molar-refractivity contribution in [3.63, 3.8) is 0 Å². The second-order valence-electron chi connectivity index (χ2n) is 6.02. The van der Waals surface area contributed by atoms with Gasteiger partial charge in [-0.05, 0) is 38.1 Å². The second kappa shape index (κ2) is 8.89. The molecule has 18 heavy (non-hydrogen) atoms. The summed E-state index contributed by atoms with van der Waals surface area (Å²) in [5.74, 6) is 0.736. The molecule has 1 N–H and O–H groups in total. The van der Waals surface area contributed by atoms with Crippen LogP contribution in [0.4, 0.5) is 0 Å². The first kappa shape index (κ1) is 15.9. The van der Waals surface area contributed by atoms with Gasteiger partial charge in [0.05, 0.1) is 6.61 Å². The average molecular weight is 257 g/mol. The third kappa shape index (κ3) is 6.17. The van der Waals surface area contributed by atoms with Gasteiger partial charge in [-0.3, -0.25) is 0 Å². The van der Waals surface area contributed by atoms with Crippen molar-refractivity contribution in [1.82, 2.24) is 5.32 Å². The lowest BCUT2D eigenvalue weighted by molar-refractivity contribution is 0.0754. The van der Waals surface area contributed by atoms with Crippen molar-refractivity contribution < 1.29 is 9.47 Å². The van der Waals surface area contributed by atoms with Crippen LogP contribution in [0.1, 0.15) is 46.5 Å². The highest BCUT2D eigenvalue weighted by atomic mass is 16.5. The first-order valence-corrected chi connectivity index (χ1v) is 7.55. The summed E-state index contributed by atoms with van der Waals surface area (Å²) in [6, 6.07) is 0. The number of ether oxygens (including phenoxy) is 2. The van der Waals surface area contributed by atoms with Gasteiger partial charge in [-0.25, -0.2) is 0 Å². The first-order valence-electron chi connectivity index (χ1n) is 7.55. The second-order valence-corrected chi connectivity index (χ2v) is 6.02. The Morgan fingerprint density at radius 2 is 2.17 bits per heavy atom. The molecule has 3 nitrogen and oxygen atoms in total. The Kier molecular flexibility index (Phi) is 7.87. The van der Waals surface area contributed by atoms with Crippen LogP contribution in [0, 0.1) is 11.3 Å². The van der Waals surface area contributed by atoms with Gasteiger partial charge in [0.1, 0.15) is 0 Å². The molecule has 0 aromatic rings. The van der Waals surface area contributed by atoms with Crippen LogP contribution in [-0.4, -0.2) is 39.5 Å². The maximum absolute atomic E-state index is 5.75. The van der Waals surface area contributed by atoms with E-state index in [0.717, 1.165) is 58.3 Å². The predicted octanol–water partition coefficient (Wildman–Crippen LogP) is 2.85. The zero-order valence-corrected chi connectivity index (χ0v) is 12.5. The molecular weight excluding hydrogens is 226 g/mol. The van der Waals surface area contributed by atoms with Gasteiger partial charge in [-0.1, -0.05) is 20.8 Å². The summed E-state index contributed by atoms with van der Waals surface area (Å²) in [6.07, 6.45) is 4.67. The number of nitrogens with one attached hydrogen (secondary N) is 1. The predicted molar refractivity (Wildman–Crippen MR) is 75.9 cm³/mol. The zero-order valence-electron chi connectivity index (χ0n) is 12.5. The van der Waals surface area contributed by atoms with Crippen molar-refractivity contribution in [3.05, 3.63) is 0 Å². The maximum atomic E-state index is 5.75. The Hall–Kier alpha value is -0.120. The minimum absolute atomic E-state index is 0.326. The smallest absolute Gasteiger partial charge is 0.0536 e. The highest BCUT2D eigenvalue weighted by molar-refractivity contribution is 4.85. The Labute approximate surface area is 113 Å². The van der Waals surface area contributed by atoms with Gasteiger partial charge in [-0.15, -0.1) is 0 Å². The van der Waals surface area contributed by atoms with E-state index >= 15 is 0 Å². The van der Waals surface area contributed by atoms with Crippen LogP contribution in [0.15, 0.2) is 0 Å². The lowest BCUT2D eigenvalue weighted by atomic mass is 9.84. The van der Waals surface area contributed by atoms with Gasteiger partial charge in [0, 0.05) is 31.8 Å². The minimum atomic E-state index is 0.326. The summed E-state index contributed by atoms with van der Waals surface area (Å²) in [5, 5.41) is 3.54. The summed E-state index contributed by atoms with van der Waals surface area (Å²) < 4.78 is 11.3. The standard InChI is InChI=1S/C15H31NO2/c1-4-8-16-12-15(7-11-18-13-15)6-10-17-9-5-14(2)3/h14,16H,4-13H2,1-3H3. The lowest BCUT2D eigenvalue weighted by Gasteiger charge is -2.27. The lowest BCUT2D eigenvalue weighted by Crippen LogP contribution is -2.36. The summed E-state index contributed by atoms with van der Waals surface area (Å²) >= 11 is 0. The van der Waals surface area contributed by atoms with Crippen molar-refractivity contribution in [2.75, 3.05) is 39.5 Å². The topological polar surface area (TPSA) is 30.5 Å². The fourth-order valence-electron chi connectivity index (χ4n) is 2.31. The molecule has 1 saturated heterocycles. The Morgan fingerprint density at radius 3 is 2.78 bits per heavy atom. The third-order valence-electron chi connectivity index (χ3n) is 3.73. The molecule has 3 heteroatoms. The Balaban J connectivity index is 2.16. The third-order valence-corrected chi connectivity index (χ3v) is 3.73. The summed E-state index contributed by atoms with van der Waals surface area (Å²) in [5.41, 5.74) is 0.326. The van der Waals surface area contributed by atoms with Gasteiger partial charge in [0.2, 0.25) is 0 Å². The molecule has 0 spiro atoms. The molecule has 108 valence electrons. The normalized spacial score (nSPS) is 24.0. The van der Waals surface area contributed by atoms with Crippen LogP contribution in [0.25, 0.3) is 0 Å². The van der Waals surface area contributed by atoms with Crippen LogP contribution in [0.5, 0.6) is 0 Å². The van der Waals surface area contributed by atoms with Crippen LogP contribution >= 0.6 is 0 Å². The monoisotopic (exact) mass is 257 g/mol. The van der Waals surface area contributed by atoms with E-state index in [4.69, 9.17) is 9.47 Å². The van der Waals surface area contributed by atoms with Crippen LogP contribution < -0.4 is 5.32 Å². The van der Waals surface area contributed by atoms with E-state index in [1.54, 1.807) is 0 Å². The number of rotatable bonds is 10. The molecule has 0 aromatic carbocycles. The highest BCUT2D eigenvalue weighted by Crippen LogP contribution is 2.31. The van der Waals surface area contributed by atoms with Crippen LogP contribution in [0.3, 0.4) is 0 Å². The van der Waals surface area contributed by atoms with Crippen LogP contribution in [-0.2, 0) is 9.47 Å². The van der Waals surface area contributed by atoms with E-state index < -0.39 is 0 Å². The molecule has 1 aliphatic heterocycles. The molecule has 0 bridgehead atoms. The molecule has 0 amide bonds. The van der Waals surface area contributed by atoms with Crippen molar-refractivity contribution >= 4 is 0 Å². The molecule has 0 aromatic heterocycles. The van der Waals surface area contributed by atoms with Crippen LogP contribution in [0.2, 0.25) is 0 Å². The molecule has 1 fully saturated rings. The van der Waals surface area contributed by atoms with Crippen molar-refractivity contribution in [3.8, 4) is 0 Å². The van der Waals surface area contributed by atoms with E-state index in [9.17, 15) is 0 Å². The molecule has 1 rings (SSSR count). The molecular formula is C15H31NO2. The molecule has 1 unspecified atom stereocenters. The summed E-state index contributed by atoms with van der Waals surface area (Å²) in [6.45, 7) is 12.5. The summed E-state index contributed by atoms with van der Waals surface area (Å²) in [4.78, 5) is 0. The van der Waals surface area contributed by atoms with Gasteiger partial charge >= 0.3 is 0 Å². The Bertz CT molecular complexity index is 201. The fourth-order valence-corrected chi connectivity index (χ4v) is 2.31. The Morgan fingerprint density at radius 1 is 1.33 bits per heavy atom. The van der Waals surface area contributed by atoms with E-state index in [1.807, 2.05) is 0 Å². The zero-order chi connectivity index (χ0) is 13.3. The van der Waals surface area contributed by atoms with E-state index in [1.165, 1.54) is 12.8 Å². The maximum Gasteiger partial charge on any atom is 0.0536 e.